The van der Waals surface area contributed by atoms with Crippen molar-refractivity contribution in [3.05, 3.63) is 70.7 Å². The molecule has 0 saturated carbocycles. The van der Waals surface area contributed by atoms with Crippen LogP contribution in [-0.4, -0.2) is 29.4 Å². The van der Waals surface area contributed by atoms with Crippen LogP contribution in [-0.2, 0) is 17.8 Å². The number of benzene rings is 2. The van der Waals surface area contributed by atoms with E-state index in [4.69, 9.17) is 9.72 Å². The number of thiazole rings is 1. The van der Waals surface area contributed by atoms with E-state index in [2.05, 4.69) is 35.4 Å². The first-order chi connectivity index (χ1) is 15.1. The molecule has 6 heteroatoms. The van der Waals surface area contributed by atoms with Crippen LogP contribution in [0.5, 0.6) is 5.75 Å². The van der Waals surface area contributed by atoms with Crippen LogP contribution in [0.1, 0.15) is 49.6 Å². The molecule has 1 aromatic heterocycles. The van der Waals surface area contributed by atoms with Crippen molar-refractivity contribution in [1.82, 2.24) is 9.88 Å². The molecule has 3 aromatic rings. The third-order valence-corrected chi connectivity index (χ3v) is 6.76. The van der Waals surface area contributed by atoms with Crippen molar-refractivity contribution in [1.29, 1.82) is 0 Å². The van der Waals surface area contributed by atoms with Crippen LogP contribution in [0, 0.1) is 0 Å². The zero-order valence-corrected chi connectivity index (χ0v) is 19.2. The average molecular weight is 436 g/mol. The number of aryl methyl sites for hydroxylation is 1. The summed E-state index contributed by atoms with van der Waals surface area (Å²) in [4.78, 5) is 21.6. The fraction of sp³-hybridized carbons (Fsp3) is 0.360. The van der Waals surface area contributed by atoms with E-state index in [9.17, 15) is 4.79 Å². The summed E-state index contributed by atoms with van der Waals surface area (Å²) in [6.07, 6.45) is 3.19. The van der Waals surface area contributed by atoms with Crippen LogP contribution in [0.25, 0.3) is 0 Å². The molecule has 0 radical (unpaired) electrons. The van der Waals surface area contributed by atoms with Crippen molar-refractivity contribution in [2.24, 2.45) is 0 Å². The highest BCUT2D eigenvalue weighted by Gasteiger charge is 2.27. The van der Waals surface area contributed by atoms with Crippen molar-refractivity contribution in [2.75, 3.05) is 18.6 Å². The predicted molar refractivity (Wildman–Crippen MR) is 126 cm³/mol. The molecule has 4 rings (SSSR count). The summed E-state index contributed by atoms with van der Waals surface area (Å²) in [5, 5.41) is 2.83. The largest absolute Gasteiger partial charge is 0.497 e. The van der Waals surface area contributed by atoms with Gasteiger partial charge in [-0.15, -0.1) is 11.3 Å². The third kappa shape index (κ3) is 4.65. The first kappa shape index (κ1) is 21.5. The van der Waals surface area contributed by atoms with E-state index in [-0.39, 0.29) is 5.91 Å². The van der Waals surface area contributed by atoms with Crippen LogP contribution >= 0.6 is 11.3 Å². The minimum atomic E-state index is -0.0147. The lowest BCUT2D eigenvalue weighted by Gasteiger charge is -2.24. The Morgan fingerprint density at radius 3 is 2.71 bits per heavy atom. The molecule has 1 aliphatic rings. The fourth-order valence-corrected chi connectivity index (χ4v) is 5.20. The Hall–Kier alpha value is -2.70. The Kier molecular flexibility index (Phi) is 6.68. The van der Waals surface area contributed by atoms with Gasteiger partial charge in [0.1, 0.15) is 5.75 Å². The first-order valence-electron chi connectivity index (χ1n) is 10.8. The van der Waals surface area contributed by atoms with Gasteiger partial charge in [0, 0.05) is 24.9 Å². The van der Waals surface area contributed by atoms with Gasteiger partial charge in [0.2, 0.25) is 5.91 Å². The van der Waals surface area contributed by atoms with Crippen molar-refractivity contribution >= 4 is 28.1 Å². The third-order valence-electron chi connectivity index (χ3n) is 5.89. The molecule has 1 saturated heterocycles. The van der Waals surface area contributed by atoms with E-state index in [0.29, 0.717) is 6.04 Å². The highest BCUT2D eigenvalue weighted by atomic mass is 32.1. The number of hydrogen-bond donors (Lipinski definition) is 0. The van der Waals surface area contributed by atoms with Crippen LogP contribution < -0.4 is 9.64 Å². The van der Waals surface area contributed by atoms with Crippen LogP contribution in [0.2, 0.25) is 0 Å². The molecule has 0 bridgehead atoms. The van der Waals surface area contributed by atoms with E-state index in [0.717, 1.165) is 53.8 Å². The second kappa shape index (κ2) is 9.62. The lowest BCUT2D eigenvalue weighted by atomic mass is 10.0. The SMILES string of the molecule is CCc1ccccc1N(C(C)=O)c1nc(CN2CCCC2c2ccc(OC)cc2)cs1. The monoisotopic (exact) mass is 435 g/mol. The maximum atomic E-state index is 12.5. The summed E-state index contributed by atoms with van der Waals surface area (Å²) in [7, 11) is 1.69. The maximum absolute atomic E-state index is 12.5. The van der Waals surface area contributed by atoms with E-state index < -0.39 is 0 Å². The molecule has 1 fully saturated rings. The van der Waals surface area contributed by atoms with Gasteiger partial charge in [-0.1, -0.05) is 37.3 Å². The van der Waals surface area contributed by atoms with Gasteiger partial charge in [-0.25, -0.2) is 4.98 Å². The van der Waals surface area contributed by atoms with E-state index in [1.165, 1.54) is 23.3 Å². The Morgan fingerprint density at radius 1 is 1.23 bits per heavy atom. The van der Waals surface area contributed by atoms with Crippen molar-refractivity contribution in [2.45, 2.75) is 45.7 Å². The van der Waals surface area contributed by atoms with Gasteiger partial charge < -0.3 is 4.74 Å². The summed E-state index contributed by atoms with van der Waals surface area (Å²) >= 11 is 1.54. The summed E-state index contributed by atoms with van der Waals surface area (Å²) < 4.78 is 5.30. The second-order valence-corrected chi connectivity index (χ2v) is 8.70. The highest BCUT2D eigenvalue weighted by Crippen LogP contribution is 2.36. The summed E-state index contributed by atoms with van der Waals surface area (Å²) in [6, 6.07) is 16.8. The zero-order valence-electron chi connectivity index (χ0n) is 18.4. The number of carbonyl (C=O) groups excluding carboxylic acids is 1. The molecule has 1 aliphatic heterocycles. The van der Waals surface area contributed by atoms with E-state index in [1.54, 1.807) is 18.9 Å². The number of methoxy groups -OCH3 is 1. The summed E-state index contributed by atoms with van der Waals surface area (Å²) in [5.41, 5.74) is 4.40. The standard InChI is InChI=1S/C25H29N3O2S/c1-4-19-8-5-6-9-24(19)28(18(2)29)25-26-21(17-31-25)16-27-15-7-10-23(27)20-11-13-22(30-3)14-12-20/h5-6,8-9,11-14,17,23H,4,7,10,15-16H2,1-3H3. The molecular formula is C25H29N3O2S. The molecule has 0 spiro atoms. The lowest BCUT2D eigenvalue weighted by molar-refractivity contribution is -0.115. The minimum Gasteiger partial charge on any atom is -0.497 e. The number of ether oxygens (including phenoxy) is 1. The van der Waals surface area contributed by atoms with Crippen LogP contribution in [0.15, 0.2) is 53.9 Å². The summed E-state index contributed by atoms with van der Waals surface area (Å²) in [5.74, 6) is 0.869. The molecule has 0 N–H and O–H groups in total. The molecule has 2 heterocycles. The Morgan fingerprint density at radius 2 is 2.00 bits per heavy atom. The number of para-hydroxylation sites is 1. The number of rotatable bonds is 7. The molecular weight excluding hydrogens is 406 g/mol. The van der Waals surface area contributed by atoms with Gasteiger partial charge in [0.25, 0.3) is 0 Å². The molecule has 1 unspecified atom stereocenters. The van der Waals surface area contributed by atoms with Gasteiger partial charge >= 0.3 is 0 Å². The predicted octanol–water partition coefficient (Wildman–Crippen LogP) is 5.74. The highest BCUT2D eigenvalue weighted by molar-refractivity contribution is 7.14. The Bertz CT molecular complexity index is 1030. The normalized spacial score (nSPS) is 16.4. The summed E-state index contributed by atoms with van der Waals surface area (Å²) in [6.45, 7) is 5.55. The Balaban J connectivity index is 1.54. The number of anilines is 2. The average Bonchev–Trinajstić information content (AvgIpc) is 3.44. The molecule has 2 aromatic carbocycles. The number of nitrogens with zero attached hydrogens (tertiary/aromatic N) is 3. The first-order valence-corrected chi connectivity index (χ1v) is 11.7. The molecule has 31 heavy (non-hydrogen) atoms. The van der Waals surface area contributed by atoms with E-state index >= 15 is 0 Å². The minimum absolute atomic E-state index is 0.0147. The van der Waals surface area contributed by atoms with Crippen molar-refractivity contribution < 1.29 is 9.53 Å². The number of carbonyl (C=O) groups is 1. The number of aromatic nitrogens is 1. The van der Waals surface area contributed by atoms with Gasteiger partial charge in [-0.3, -0.25) is 14.6 Å². The smallest absolute Gasteiger partial charge is 0.230 e. The quantitative estimate of drug-likeness (QED) is 0.475. The van der Waals surface area contributed by atoms with Crippen molar-refractivity contribution in [3.63, 3.8) is 0 Å². The van der Waals surface area contributed by atoms with Gasteiger partial charge in [-0.05, 0) is 55.1 Å². The number of hydrogen-bond acceptors (Lipinski definition) is 5. The van der Waals surface area contributed by atoms with E-state index in [1.807, 2.05) is 30.3 Å². The molecule has 5 nitrogen and oxygen atoms in total. The van der Waals surface area contributed by atoms with Crippen LogP contribution in [0.4, 0.5) is 10.8 Å². The number of amides is 1. The van der Waals surface area contributed by atoms with Gasteiger partial charge in [-0.2, -0.15) is 0 Å². The topological polar surface area (TPSA) is 45.7 Å². The van der Waals surface area contributed by atoms with Gasteiger partial charge in [0.05, 0.1) is 18.5 Å². The molecule has 0 aliphatic carbocycles. The van der Waals surface area contributed by atoms with Crippen LogP contribution in [0.3, 0.4) is 0 Å². The second-order valence-electron chi connectivity index (χ2n) is 7.86. The molecule has 162 valence electrons. The molecule has 1 atom stereocenters. The maximum Gasteiger partial charge on any atom is 0.230 e. The number of likely N-dealkylation sites (tertiary alicyclic amines) is 1. The zero-order chi connectivity index (χ0) is 21.8. The Labute approximate surface area is 188 Å². The lowest BCUT2D eigenvalue weighted by Crippen LogP contribution is -2.25. The molecule has 1 amide bonds. The van der Waals surface area contributed by atoms with Gasteiger partial charge in [0.15, 0.2) is 5.13 Å². The fourth-order valence-electron chi connectivity index (χ4n) is 4.33. The van der Waals surface area contributed by atoms with Crippen molar-refractivity contribution in [3.8, 4) is 5.75 Å².